The molecule has 0 bridgehead atoms. The Morgan fingerprint density at radius 3 is 2.52 bits per heavy atom. The van der Waals surface area contributed by atoms with Gasteiger partial charge in [0.05, 0.1) is 4.90 Å². The van der Waals surface area contributed by atoms with E-state index in [4.69, 9.17) is 0 Å². The van der Waals surface area contributed by atoms with Gasteiger partial charge in [-0.3, -0.25) is 0 Å². The normalized spacial score (nSPS) is 17.7. The molecule has 0 spiro atoms. The topological polar surface area (TPSA) is 63.1 Å². The molecule has 0 aromatic carbocycles. The van der Waals surface area contributed by atoms with Gasteiger partial charge in [-0.1, -0.05) is 13.8 Å². The standard InChI is InChI=1S/C15H27N3O2S/c1-4-9-18-12-14(10-13(18)11-16-3)21(19,20)17-15(5-2)7-6-8-15/h10,12,16-17H,4-9,11H2,1-3H3. The van der Waals surface area contributed by atoms with E-state index in [-0.39, 0.29) is 5.54 Å². The van der Waals surface area contributed by atoms with Crippen molar-refractivity contribution in [3.63, 3.8) is 0 Å². The Morgan fingerprint density at radius 1 is 1.33 bits per heavy atom. The summed E-state index contributed by atoms with van der Waals surface area (Å²) in [7, 11) is -1.56. The van der Waals surface area contributed by atoms with Gasteiger partial charge in [-0.25, -0.2) is 13.1 Å². The average Bonchev–Trinajstić information content (AvgIpc) is 2.79. The summed E-state index contributed by atoms with van der Waals surface area (Å²) in [6.45, 7) is 5.66. The zero-order valence-electron chi connectivity index (χ0n) is 13.3. The smallest absolute Gasteiger partial charge is 0.242 e. The average molecular weight is 313 g/mol. The number of nitrogens with zero attached hydrogens (tertiary/aromatic N) is 1. The number of aryl methyl sites for hydroxylation is 1. The minimum absolute atomic E-state index is 0.213. The molecule has 21 heavy (non-hydrogen) atoms. The minimum atomic E-state index is -3.43. The van der Waals surface area contributed by atoms with Gasteiger partial charge in [-0.2, -0.15) is 0 Å². The van der Waals surface area contributed by atoms with Gasteiger partial charge >= 0.3 is 0 Å². The molecular weight excluding hydrogens is 286 g/mol. The monoisotopic (exact) mass is 313 g/mol. The fourth-order valence-corrected chi connectivity index (χ4v) is 4.52. The molecule has 1 aliphatic rings. The van der Waals surface area contributed by atoms with E-state index in [0.29, 0.717) is 11.4 Å². The molecule has 0 radical (unpaired) electrons. The Morgan fingerprint density at radius 2 is 2.05 bits per heavy atom. The van der Waals surface area contributed by atoms with Gasteiger partial charge in [0.25, 0.3) is 0 Å². The zero-order chi connectivity index (χ0) is 15.5. The Kier molecular flexibility index (Phi) is 5.11. The lowest BCUT2D eigenvalue weighted by Gasteiger charge is -2.41. The summed E-state index contributed by atoms with van der Waals surface area (Å²) in [6.07, 6.45) is 6.60. The summed E-state index contributed by atoms with van der Waals surface area (Å²) in [4.78, 5) is 0.390. The highest BCUT2D eigenvalue weighted by Crippen LogP contribution is 2.36. The van der Waals surface area contributed by atoms with Gasteiger partial charge in [0.2, 0.25) is 10.0 Å². The summed E-state index contributed by atoms with van der Waals surface area (Å²) in [5.41, 5.74) is 0.799. The molecule has 0 aliphatic heterocycles. The van der Waals surface area contributed by atoms with Crippen LogP contribution in [0, 0.1) is 0 Å². The maximum atomic E-state index is 12.6. The van der Waals surface area contributed by atoms with Crippen LogP contribution in [-0.2, 0) is 23.1 Å². The third-order valence-electron chi connectivity index (χ3n) is 4.43. The predicted octanol–water partition coefficient (Wildman–Crippen LogP) is 2.23. The number of aromatic nitrogens is 1. The van der Waals surface area contributed by atoms with Gasteiger partial charge in [0.1, 0.15) is 0 Å². The lowest BCUT2D eigenvalue weighted by Crippen LogP contribution is -2.52. The van der Waals surface area contributed by atoms with Crippen LogP contribution >= 0.6 is 0 Å². The lowest BCUT2D eigenvalue weighted by molar-refractivity contribution is 0.214. The van der Waals surface area contributed by atoms with Crippen LogP contribution in [-0.4, -0.2) is 25.6 Å². The molecule has 1 saturated carbocycles. The molecule has 6 heteroatoms. The van der Waals surface area contributed by atoms with Crippen molar-refractivity contribution in [1.29, 1.82) is 0 Å². The van der Waals surface area contributed by atoms with Crippen LogP contribution in [0.5, 0.6) is 0 Å². The lowest BCUT2D eigenvalue weighted by atomic mass is 9.76. The summed E-state index contributed by atoms with van der Waals surface area (Å²) < 4.78 is 30.2. The van der Waals surface area contributed by atoms with E-state index in [1.54, 1.807) is 12.3 Å². The van der Waals surface area contributed by atoms with Crippen molar-refractivity contribution in [1.82, 2.24) is 14.6 Å². The summed E-state index contributed by atoms with van der Waals surface area (Å²) in [6, 6.07) is 1.79. The van der Waals surface area contributed by atoms with E-state index in [9.17, 15) is 8.42 Å². The van der Waals surface area contributed by atoms with Crippen LogP contribution in [0.4, 0.5) is 0 Å². The van der Waals surface area contributed by atoms with E-state index >= 15 is 0 Å². The van der Waals surface area contributed by atoms with Gasteiger partial charge in [-0.15, -0.1) is 0 Å². The molecule has 0 unspecified atom stereocenters. The van der Waals surface area contributed by atoms with Crippen LogP contribution in [0.2, 0.25) is 0 Å². The van der Waals surface area contributed by atoms with Gasteiger partial charge in [0, 0.05) is 30.5 Å². The van der Waals surface area contributed by atoms with Gasteiger partial charge in [-0.05, 0) is 45.2 Å². The highest BCUT2D eigenvalue weighted by molar-refractivity contribution is 7.89. The van der Waals surface area contributed by atoms with E-state index in [1.807, 2.05) is 11.6 Å². The summed E-state index contributed by atoms with van der Waals surface area (Å²) in [5, 5.41) is 3.09. The second-order valence-corrected chi connectivity index (χ2v) is 7.67. The number of nitrogens with one attached hydrogen (secondary N) is 2. The van der Waals surface area contributed by atoms with E-state index in [1.165, 1.54) is 0 Å². The van der Waals surface area contributed by atoms with E-state index in [2.05, 4.69) is 23.9 Å². The molecule has 1 aromatic rings. The second kappa shape index (κ2) is 6.50. The van der Waals surface area contributed by atoms with Crippen LogP contribution in [0.25, 0.3) is 0 Å². The Labute approximate surface area is 128 Å². The zero-order valence-corrected chi connectivity index (χ0v) is 14.1. The first-order valence-corrected chi connectivity index (χ1v) is 9.32. The number of sulfonamides is 1. The van der Waals surface area contributed by atoms with Crippen LogP contribution in [0.3, 0.4) is 0 Å². The second-order valence-electron chi connectivity index (χ2n) is 5.98. The van der Waals surface area contributed by atoms with Crippen molar-refractivity contribution < 1.29 is 8.42 Å². The first kappa shape index (κ1) is 16.5. The predicted molar refractivity (Wildman–Crippen MR) is 84.7 cm³/mol. The molecule has 5 nitrogen and oxygen atoms in total. The van der Waals surface area contributed by atoms with Crippen molar-refractivity contribution in [2.45, 2.75) is 69.5 Å². The number of hydrogen-bond acceptors (Lipinski definition) is 3. The van der Waals surface area contributed by atoms with Crippen molar-refractivity contribution in [3.05, 3.63) is 18.0 Å². The molecule has 0 atom stereocenters. The maximum absolute atomic E-state index is 12.6. The summed E-state index contributed by atoms with van der Waals surface area (Å²) in [5.74, 6) is 0. The Balaban J connectivity index is 2.25. The van der Waals surface area contributed by atoms with Crippen molar-refractivity contribution in [3.8, 4) is 0 Å². The van der Waals surface area contributed by atoms with Crippen LogP contribution in [0.1, 0.15) is 51.6 Å². The Bertz CT molecular complexity index is 545. The molecule has 1 aromatic heterocycles. The highest BCUT2D eigenvalue weighted by atomic mass is 32.2. The quantitative estimate of drug-likeness (QED) is 0.773. The van der Waals surface area contributed by atoms with Gasteiger partial charge < -0.3 is 9.88 Å². The van der Waals surface area contributed by atoms with Gasteiger partial charge in [0.15, 0.2) is 0 Å². The molecule has 1 aliphatic carbocycles. The fourth-order valence-electron chi connectivity index (χ4n) is 2.93. The first-order chi connectivity index (χ1) is 9.96. The molecule has 2 rings (SSSR count). The largest absolute Gasteiger partial charge is 0.349 e. The third kappa shape index (κ3) is 3.49. The molecule has 0 amide bonds. The molecular formula is C15H27N3O2S. The molecule has 120 valence electrons. The minimum Gasteiger partial charge on any atom is -0.349 e. The van der Waals surface area contributed by atoms with E-state index in [0.717, 1.165) is 44.3 Å². The Hall–Kier alpha value is -0.850. The van der Waals surface area contributed by atoms with Crippen molar-refractivity contribution in [2.24, 2.45) is 0 Å². The van der Waals surface area contributed by atoms with Crippen molar-refractivity contribution >= 4 is 10.0 Å². The summed E-state index contributed by atoms with van der Waals surface area (Å²) >= 11 is 0. The SMILES string of the molecule is CCCn1cc(S(=O)(=O)NC2(CC)CCC2)cc1CNC. The maximum Gasteiger partial charge on any atom is 0.242 e. The third-order valence-corrected chi connectivity index (χ3v) is 5.98. The molecule has 1 fully saturated rings. The first-order valence-electron chi connectivity index (χ1n) is 7.84. The number of rotatable bonds is 8. The van der Waals surface area contributed by atoms with Crippen molar-refractivity contribution in [2.75, 3.05) is 7.05 Å². The molecule has 0 saturated heterocycles. The highest BCUT2D eigenvalue weighted by Gasteiger charge is 2.39. The van der Waals surface area contributed by atoms with Crippen LogP contribution < -0.4 is 10.0 Å². The molecule has 2 N–H and O–H groups in total. The molecule has 1 heterocycles. The van der Waals surface area contributed by atoms with Crippen LogP contribution in [0.15, 0.2) is 17.2 Å². The fraction of sp³-hybridized carbons (Fsp3) is 0.733. The van der Waals surface area contributed by atoms with E-state index < -0.39 is 10.0 Å². The number of hydrogen-bond donors (Lipinski definition) is 2.